The second-order valence-electron chi connectivity index (χ2n) is 4.55. The molecule has 1 aliphatic carbocycles. The molecule has 0 amide bonds. The molecule has 0 radical (unpaired) electrons. The van der Waals surface area contributed by atoms with Crippen LogP contribution in [0.25, 0.3) is 0 Å². The zero-order chi connectivity index (χ0) is 9.97. The highest BCUT2D eigenvalue weighted by Gasteiger charge is 2.16. The lowest BCUT2D eigenvalue weighted by atomic mass is 9.87. The first-order valence-corrected chi connectivity index (χ1v) is 6.77. The van der Waals surface area contributed by atoms with E-state index in [-0.39, 0.29) is 0 Å². The van der Waals surface area contributed by atoms with Crippen molar-refractivity contribution in [2.45, 2.75) is 33.1 Å². The van der Waals surface area contributed by atoms with Crippen molar-refractivity contribution in [1.29, 1.82) is 0 Å². The first kappa shape index (κ1) is 10.2. The van der Waals surface area contributed by atoms with Crippen LogP contribution in [-0.2, 0) is 0 Å². The summed E-state index contributed by atoms with van der Waals surface area (Å²) in [5, 5.41) is 1.56. The summed E-state index contributed by atoms with van der Waals surface area (Å²) >= 11 is 0. The van der Waals surface area contributed by atoms with E-state index >= 15 is 0 Å². The van der Waals surface area contributed by atoms with E-state index in [1.54, 1.807) is 5.30 Å². The molecule has 1 unspecified atom stereocenters. The Labute approximate surface area is 88.9 Å². The minimum atomic E-state index is 1.04. The molecule has 1 heteroatoms. The number of benzene rings is 1. The van der Waals surface area contributed by atoms with Gasteiger partial charge in [-0.3, -0.25) is 0 Å². The molecule has 1 fully saturated rings. The highest BCUT2D eigenvalue weighted by atomic mass is 31.1. The maximum absolute atomic E-state index is 2.35. The minimum absolute atomic E-state index is 1.04. The number of aryl methyl sites for hydroxylation is 2. The normalized spacial score (nSPS) is 17.6. The van der Waals surface area contributed by atoms with Crippen LogP contribution in [0.5, 0.6) is 0 Å². The smallest absolute Gasteiger partial charge is 0.0266 e. The Kier molecular flexibility index (Phi) is 3.23. The molecule has 76 valence electrons. The molecule has 1 atom stereocenters. The molecule has 0 aliphatic heterocycles. The topological polar surface area (TPSA) is 0 Å². The first-order chi connectivity index (χ1) is 6.74. The van der Waals surface area contributed by atoms with Crippen LogP contribution in [0.3, 0.4) is 0 Å². The molecule has 0 N–H and O–H groups in total. The molecule has 1 saturated carbocycles. The van der Waals surface area contributed by atoms with Crippen LogP contribution >= 0.6 is 8.58 Å². The first-order valence-electron chi connectivity index (χ1n) is 5.56. The van der Waals surface area contributed by atoms with E-state index in [2.05, 4.69) is 32.0 Å². The lowest BCUT2D eigenvalue weighted by Crippen LogP contribution is -2.14. The summed E-state index contributed by atoms with van der Waals surface area (Å²) in [6, 6.07) is 6.96. The standard InChI is InChI=1S/C13H19P/c1-10-6-11(2)8-13(7-10)14-9-12-4-3-5-12/h6-8,12,14H,3-5,9H2,1-2H3. The van der Waals surface area contributed by atoms with Gasteiger partial charge in [0.05, 0.1) is 0 Å². The van der Waals surface area contributed by atoms with Crippen molar-refractivity contribution in [1.82, 2.24) is 0 Å². The van der Waals surface area contributed by atoms with Gasteiger partial charge < -0.3 is 0 Å². The van der Waals surface area contributed by atoms with Crippen LogP contribution in [0, 0.1) is 19.8 Å². The second-order valence-corrected chi connectivity index (χ2v) is 5.89. The van der Waals surface area contributed by atoms with Crippen LogP contribution in [0.15, 0.2) is 18.2 Å². The Morgan fingerprint density at radius 1 is 1.14 bits per heavy atom. The van der Waals surface area contributed by atoms with E-state index in [0.29, 0.717) is 0 Å². The molecular formula is C13H19P. The highest BCUT2D eigenvalue weighted by molar-refractivity contribution is 7.47. The fourth-order valence-electron chi connectivity index (χ4n) is 2.04. The minimum Gasteiger partial charge on any atom is -0.0901 e. The molecule has 0 spiro atoms. The third-order valence-electron chi connectivity index (χ3n) is 3.04. The van der Waals surface area contributed by atoms with Gasteiger partial charge in [0.25, 0.3) is 0 Å². The predicted molar refractivity (Wildman–Crippen MR) is 66.1 cm³/mol. The van der Waals surface area contributed by atoms with E-state index in [1.807, 2.05) is 0 Å². The van der Waals surface area contributed by atoms with Crippen molar-refractivity contribution < 1.29 is 0 Å². The second kappa shape index (κ2) is 4.45. The summed E-state index contributed by atoms with van der Waals surface area (Å²) in [4.78, 5) is 0. The molecule has 1 aromatic carbocycles. The molecular weight excluding hydrogens is 187 g/mol. The molecule has 2 rings (SSSR count). The summed E-state index contributed by atoms with van der Waals surface area (Å²) in [5.41, 5.74) is 2.84. The third kappa shape index (κ3) is 2.58. The molecule has 0 saturated heterocycles. The van der Waals surface area contributed by atoms with Gasteiger partial charge in [-0.1, -0.05) is 57.2 Å². The molecule has 1 aromatic rings. The fraction of sp³-hybridized carbons (Fsp3) is 0.538. The monoisotopic (exact) mass is 206 g/mol. The van der Waals surface area contributed by atoms with Crippen LogP contribution in [0.2, 0.25) is 0 Å². The lowest BCUT2D eigenvalue weighted by Gasteiger charge is -2.25. The van der Waals surface area contributed by atoms with Crippen molar-refractivity contribution in [3.8, 4) is 0 Å². The summed E-state index contributed by atoms with van der Waals surface area (Å²) in [6.45, 7) is 4.40. The largest absolute Gasteiger partial charge is 0.0901 e. The van der Waals surface area contributed by atoms with Gasteiger partial charge in [0.2, 0.25) is 0 Å². The Morgan fingerprint density at radius 2 is 1.79 bits per heavy atom. The van der Waals surface area contributed by atoms with Gasteiger partial charge in [-0.05, 0) is 31.2 Å². The van der Waals surface area contributed by atoms with Gasteiger partial charge >= 0.3 is 0 Å². The van der Waals surface area contributed by atoms with Crippen molar-refractivity contribution in [2.75, 3.05) is 6.16 Å². The van der Waals surface area contributed by atoms with E-state index in [4.69, 9.17) is 0 Å². The number of hydrogen-bond donors (Lipinski definition) is 0. The van der Waals surface area contributed by atoms with Crippen LogP contribution in [0.1, 0.15) is 30.4 Å². The molecule has 0 aromatic heterocycles. The maximum atomic E-state index is 2.35. The molecule has 0 nitrogen and oxygen atoms in total. The zero-order valence-corrected chi connectivity index (χ0v) is 10.1. The summed E-state index contributed by atoms with van der Waals surface area (Å²) in [6.07, 6.45) is 5.88. The van der Waals surface area contributed by atoms with Crippen LogP contribution in [0.4, 0.5) is 0 Å². The summed E-state index contributed by atoms with van der Waals surface area (Å²) in [7, 11) is 1.04. The van der Waals surface area contributed by atoms with Gasteiger partial charge in [-0.25, -0.2) is 0 Å². The van der Waals surface area contributed by atoms with Crippen LogP contribution < -0.4 is 5.30 Å². The van der Waals surface area contributed by atoms with Gasteiger partial charge in [0.1, 0.15) is 0 Å². The van der Waals surface area contributed by atoms with Crippen molar-refractivity contribution in [2.24, 2.45) is 5.92 Å². The Balaban J connectivity index is 1.94. The average Bonchev–Trinajstić information content (AvgIpc) is 1.99. The Bertz CT molecular complexity index is 293. The SMILES string of the molecule is Cc1cc(C)cc(PCC2CCC2)c1. The maximum Gasteiger partial charge on any atom is -0.0266 e. The van der Waals surface area contributed by atoms with E-state index in [1.165, 1.54) is 36.6 Å². The molecule has 0 bridgehead atoms. The number of rotatable bonds is 3. The molecule has 1 aliphatic rings. The fourth-order valence-corrected chi connectivity index (χ4v) is 3.63. The van der Waals surface area contributed by atoms with Crippen LogP contribution in [-0.4, -0.2) is 6.16 Å². The Hall–Kier alpha value is -0.350. The van der Waals surface area contributed by atoms with Crippen molar-refractivity contribution in [3.05, 3.63) is 29.3 Å². The average molecular weight is 206 g/mol. The van der Waals surface area contributed by atoms with Gasteiger partial charge in [-0.2, -0.15) is 0 Å². The highest BCUT2D eigenvalue weighted by Crippen LogP contribution is 2.31. The predicted octanol–water partition coefficient (Wildman–Crippen LogP) is 3.41. The molecule has 14 heavy (non-hydrogen) atoms. The van der Waals surface area contributed by atoms with Crippen molar-refractivity contribution in [3.63, 3.8) is 0 Å². The van der Waals surface area contributed by atoms with Crippen molar-refractivity contribution >= 4 is 13.9 Å². The van der Waals surface area contributed by atoms with E-state index in [9.17, 15) is 0 Å². The van der Waals surface area contributed by atoms with E-state index < -0.39 is 0 Å². The molecule has 0 heterocycles. The summed E-state index contributed by atoms with van der Waals surface area (Å²) < 4.78 is 0. The summed E-state index contributed by atoms with van der Waals surface area (Å²) in [5.74, 6) is 1.05. The zero-order valence-electron chi connectivity index (χ0n) is 9.14. The number of hydrogen-bond acceptors (Lipinski definition) is 0. The third-order valence-corrected chi connectivity index (χ3v) is 4.52. The quantitative estimate of drug-likeness (QED) is 0.665. The van der Waals surface area contributed by atoms with Gasteiger partial charge in [0, 0.05) is 0 Å². The van der Waals surface area contributed by atoms with Gasteiger partial charge in [-0.15, -0.1) is 0 Å². The van der Waals surface area contributed by atoms with Gasteiger partial charge in [0.15, 0.2) is 0 Å². The van der Waals surface area contributed by atoms with E-state index in [0.717, 1.165) is 14.5 Å². The Morgan fingerprint density at radius 3 is 2.29 bits per heavy atom. The lowest BCUT2D eigenvalue weighted by molar-refractivity contribution is 0.352.